The zero-order chi connectivity index (χ0) is 13.0. The average Bonchev–Trinajstić information content (AvgIpc) is 2.31. The monoisotopic (exact) mass is 305 g/mol. The molecule has 0 spiro atoms. The van der Waals surface area contributed by atoms with Gasteiger partial charge in [-0.3, -0.25) is 4.79 Å². The Morgan fingerprint density at radius 3 is 2.71 bits per heavy atom. The van der Waals surface area contributed by atoms with Gasteiger partial charge in [-0.1, -0.05) is 28.9 Å². The number of hydrogen-bond acceptors (Lipinski definition) is 1. The Morgan fingerprint density at radius 2 is 2.12 bits per heavy atom. The summed E-state index contributed by atoms with van der Waals surface area (Å²) in [5.74, 6) is -2.36. The lowest BCUT2D eigenvalue weighted by molar-refractivity contribution is 0.0945. The van der Waals surface area contributed by atoms with Crippen LogP contribution in [-0.2, 0) is 0 Å². The number of hydrogen-bond donors (Lipinski definition) is 1. The predicted octanol–water partition coefficient (Wildman–Crippen LogP) is 3.18. The summed E-state index contributed by atoms with van der Waals surface area (Å²) in [4.78, 5) is 11.7. The molecule has 0 saturated carbocycles. The van der Waals surface area contributed by atoms with Crippen LogP contribution in [0.25, 0.3) is 0 Å². The number of alkyl halides is 1. The highest BCUT2D eigenvalue weighted by Gasteiger charge is 2.19. The summed E-state index contributed by atoms with van der Waals surface area (Å²) in [6.45, 7) is 3.77. The van der Waals surface area contributed by atoms with Gasteiger partial charge in [0, 0.05) is 11.4 Å². The van der Waals surface area contributed by atoms with Crippen molar-refractivity contribution in [1.82, 2.24) is 5.32 Å². The Hall–Kier alpha value is -0.970. The molecule has 17 heavy (non-hydrogen) atoms. The fraction of sp³-hybridized carbons (Fsp3) is 0.417. The van der Waals surface area contributed by atoms with Crippen molar-refractivity contribution in [3.05, 3.63) is 34.9 Å². The van der Waals surface area contributed by atoms with Crippen molar-refractivity contribution in [2.24, 2.45) is 0 Å². The van der Waals surface area contributed by atoms with Crippen molar-refractivity contribution in [3.8, 4) is 0 Å². The number of carbonyl (C=O) groups excluding carboxylic acids is 1. The highest BCUT2D eigenvalue weighted by atomic mass is 79.9. The molecule has 0 aliphatic rings. The number of nitrogens with one attached hydrogen (secondary N) is 1. The summed E-state index contributed by atoms with van der Waals surface area (Å²) < 4.78 is 27.0. The second-order valence-corrected chi connectivity index (χ2v) is 5.06. The van der Waals surface area contributed by atoms with Crippen LogP contribution in [0.15, 0.2) is 12.1 Å². The van der Waals surface area contributed by atoms with Gasteiger partial charge in [0.25, 0.3) is 5.91 Å². The fourth-order valence-corrected chi connectivity index (χ4v) is 1.46. The summed E-state index contributed by atoms with van der Waals surface area (Å²) in [5, 5.41) is 2.49. The van der Waals surface area contributed by atoms with Gasteiger partial charge in [0.2, 0.25) is 0 Å². The Balaban J connectivity index is 2.86. The topological polar surface area (TPSA) is 29.1 Å². The number of halogens is 3. The van der Waals surface area contributed by atoms with Gasteiger partial charge in [-0.2, -0.15) is 0 Å². The minimum Gasteiger partial charge on any atom is -0.351 e. The van der Waals surface area contributed by atoms with Crippen molar-refractivity contribution in [1.29, 1.82) is 0 Å². The molecule has 1 atom stereocenters. The lowest BCUT2D eigenvalue weighted by atomic mass is 10.1. The third-order valence-electron chi connectivity index (χ3n) is 2.44. The van der Waals surface area contributed by atoms with E-state index < -0.39 is 23.1 Å². The zero-order valence-electron chi connectivity index (χ0n) is 9.69. The maximum Gasteiger partial charge on any atom is 0.257 e. The number of benzene rings is 1. The molecular formula is C12H14BrF2NO. The fourth-order valence-electron chi connectivity index (χ4n) is 1.30. The summed E-state index contributed by atoms with van der Waals surface area (Å²) in [6, 6.07) is 2.40. The first-order chi connectivity index (χ1) is 7.97. The van der Waals surface area contributed by atoms with Crippen LogP contribution in [0.5, 0.6) is 0 Å². The molecular weight excluding hydrogens is 292 g/mol. The molecule has 1 amide bonds. The van der Waals surface area contributed by atoms with E-state index in [1.54, 1.807) is 0 Å². The van der Waals surface area contributed by atoms with Crippen molar-refractivity contribution in [3.63, 3.8) is 0 Å². The van der Waals surface area contributed by atoms with E-state index in [4.69, 9.17) is 0 Å². The van der Waals surface area contributed by atoms with E-state index in [0.717, 1.165) is 12.5 Å². The maximum absolute atomic E-state index is 13.6. The first-order valence-corrected chi connectivity index (χ1v) is 6.25. The Bertz CT molecular complexity index is 423. The number of rotatable bonds is 4. The minimum atomic E-state index is -0.840. The molecule has 5 heteroatoms. The third-order valence-corrected chi connectivity index (χ3v) is 3.41. The van der Waals surface area contributed by atoms with E-state index in [9.17, 15) is 13.6 Å². The molecule has 0 aromatic heterocycles. The van der Waals surface area contributed by atoms with Crippen LogP contribution < -0.4 is 5.32 Å². The standard InChI is InChI=1S/C12H14BrF2NO/c1-3-8(13)6-16-12(17)10-9(14)5-4-7(2)11(10)15/h4-5,8H,3,6H2,1-2H3,(H,16,17). The molecule has 0 heterocycles. The lowest BCUT2D eigenvalue weighted by Crippen LogP contribution is -2.30. The molecule has 1 aromatic rings. The van der Waals surface area contributed by atoms with Gasteiger partial charge in [-0.15, -0.1) is 0 Å². The molecule has 1 N–H and O–H groups in total. The summed E-state index contributed by atoms with van der Waals surface area (Å²) >= 11 is 3.33. The normalized spacial score (nSPS) is 12.3. The smallest absolute Gasteiger partial charge is 0.257 e. The number of carbonyl (C=O) groups is 1. The molecule has 0 bridgehead atoms. The quantitative estimate of drug-likeness (QED) is 0.851. The average molecular weight is 306 g/mol. The maximum atomic E-state index is 13.6. The Labute approximate surface area is 108 Å². The largest absolute Gasteiger partial charge is 0.351 e. The first kappa shape index (κ1) is 14.1. The second kappa shape index (κ2) is 6.10. The number of aryl methyl sites for hydroxylation is 1. The van der Waals surface area contributed by atoms with Crippen LogP contribution in [0.2, 0.25) is 0 Å². The van der Waals surface area contributed by atoms with Crippen LogP contribution in [0.4, 0.5) is 8.78 Å². The van der Waals surface area contributed by atoms with Crippen LogP contribution in [0.3, 0.4) is 0 Å². The van der Waals surface area contributed by atoms with Crippen LogP contribution in [0.1, 0.15) is 29.3 Å². The first-order valence-electron chi connectivity index (χ1n) is 5.34. The van der Waals surface area contributed by atoms with Gasteiger partial charge in [-0.05, 0) is 25.0 Å². The van der Waals surface area contributed by atoms with Gasteiger partial charge in [0.1, 0.15) is 17.2 Å². The van der Waals surface area contributed by atoms with E-state index in [0.29, 0.717) is 6.54 Å². The second-order valence-electron chi connectivity index (χ2n) is 3.77. The SMILES string of the molecule is CCC(Br)CNC(=O)c1c(F)ccc(C)c1F. The molecule has 0 radical (unpaired) electrons. The van der Waals surface area contributed by atoms with E-state index in [1.165, 1.54) is 13.0 Å². The highest BCUT2D eigenvalue weighted by molar-refractivity contribution is 9.09. The number of amides is 1. The van der Waals surface area contributed by atoms with Crippen LogP contribution in [-0.4, -0.2) is 17.3 Å². The van der Waals surface area contributed by atoms with Crippen LogP contribution >= 0.6 is 15.9 Å². The summed E-state index contributed by atoms with van der Waals surface area (Å²) in [7, 11) is 0. The van der Waals surface area contributed by atoms with Crippen molar-refractivity contribution in [2.75, 3.05) is 6.54 Å². The van der Waals surface area contributed by atoms with E-state index in [-0.39, 0.29) is 10.4 Å². The predicted molar refractivity (Wildman–Crippen MR) is 66.4 cm³/mol. The molecule has 1 rings (SSSR count). The van der Waals surface area contributed by atoms with Crippen molar-refractivity contribution in [2.45, 2.75) is 25.1 Å². The minimum absolute atomic E-state index is 0.0994. The van der Waals surface area contributed by atoms with Gasteiger partial charge < -0.3 is 5.32 Å². The van der Waals surface area contributed by atoms with E-state index in [1.807, 2.05) is 6.92 Å². The van der Waals surface area contributed by atoms with Crippen molar-refractivity contribution < 1.29 is 13.6 Å². The van der Waals surface area contributed by atoms with E-state index >= 15 is 0 Å². The van der Waals surface area contributed by atoms with Gasteiger partial charge in [0.15, 0.2) is 0 Å². The molecule has 0 aliphatic carbocycles. The van der Waals surface area contributed by atoms with Crippen LogP contribution in [0, 0.1) is 18.6 Å². The van der Waals surface area contributed by atoms with Crippen molar-refractivity contribution >= 4 is 21.8 Å². The molecule has 94 valence electrons. The van der Waals surface area contributed by atoms with Gasteiger partial charge in [-0.25, -0.2) is 8.78 Å². The molecule has 1 unspecified atom stereocenters. The van der Waals surface area contributed by atoms with Gasteiger partial charge in [0.05, 0.1) is 0 Å². The molecule has 1 aromatic carbocycles. The van der Waals surface area contributed by atoms with Gasteiger partial charge >= 0.3 is 0 Å². The lowest BCUT2D eigenvalue weighted by Gasteiger charge is -2.10. The molecule has 0 fully saturated rings. The highest BCUT2D eigenvalue weighted by Crippen LogP contribution is 2.16. The third kappa shape index (κ3) is 3.49. The van der Waals surface area contributed by atoms with E-state index in [2.05, 4.69) is 21.2 Å². The summed E-state index contributed by atoms with van der Waals surface area (Å²) in [5.41, 5.74) is -0.261. The zero-order valence-corrected chi connectivity index (χ0v) is 11.3. The molecule has 0 aliphatic heterocycles. The molecule has 0 saturated heterocycles. The Kier molecular flexibility index (Phi) is 5.05. The molecule has 2 nitrogen and oxygen atoms in total. The Morgan fingerprint density at radius 1 is 1.47 bits per heavy atom. The summed E-state index contributed by atoms with van der Waals surface area (Å²) in [6.07, 6.45) is 0.819.